The lowest BCUT2D eigenvalue weighted by Gasteiger charge is -2.27. The summed E-state index contributed by atoms with van der Waals surface area (Å²) < 4.78 is 7.86. The Bertz CT molecular complexity index is 1010. The number of carbonyl (C=O) groups excluding carboxylic acids is 1. The number of aromatic nitrogens is 4. The van der Waals surface area contributed by atoms with E-state index in [1.54, 1.807) is 0 Å². The van der Waals surface area contributed by atoms with Crippen LogP contribution >= 0.6 is 15.9 Å². The van der Waals surface area contributed by atoms with E-state index in [0.717, 1.165) is 52.8 Å². The van der Waals surface area contributed by atoms with Gasteiger partial charge in [-0.1, -0.05) is 0 Å². The number of fused-ring (bicyclic) bond motifs is 1. The number of pyridine rings is 1. The molecular weight excluding hydrogens is 422 g/mol. The van der Waals surface area contributed by atoms with Gasteiger partial charge in [0.1, 0.15) is 5.65 Å². The molecule has 28 heavy (non-hydrogen) atoms. The van der Waals surface area contributed by atoms with Gasteiger partial charge in [0.15, 0.2) is 0 Å². The molecule has 0 aliphatic heterocycles. The maximum Gasteiger partial charge on any atom is 0.308 e. The number of imidazole rings is 1. The van der Waals surface area contributed by atoms with Crippen LogP contribution in [0.15, 0.2) is 35.2 Å². The molecule has 0 saturated heterocycles. The molecule has 1 fully saturated rings. The molecule has 7 nitrogen and oxygen atoms in total. The van der Waals surface area contributed by atoms with Gasteiger partial charge in [-0.2, -0.15) is 0 Å². The summed E-state index contributed by atoms with van der Waals surface area (Å²) in [5.74, 6) is 0.507. The van der Waals surface area contributed by atoms with Crippen molar-refractivity contribution in [2.24, 2.45) is 5.92 Å². The minimum atomic E-state index is -0.105. The maximum absolute atomic E-state index is 11.7. The molecule has 0 spiro atoms. The Balaban J connectivity index is 1.55. The van der Waals surface area contributed by atoms with Gasteiger partial charge in [0.2, 0.25) is 5.95 Å². The number of hydrogen-bond acceptors (Lipinski definition) is 6. The van der Waals surface area contributed by atoms with Gasteiger partial charge in [-0.05, 0) is 66.2 Å². The number of rotatable bonds is 4. The van der Waals surface area contributed by atoms with Crippen LogP contribution in [0.5, 0.6) is 0 Å². The Labute approximate surface area is 171 Å². The fraction of sp³-hybridized carbons (Fsp3) is 0.400. The molecule has 4 rings (SSSR count). The van der Waals surface area contributed by atoms with E-state index in [-0.39, 0.29) is 17.9 Å². The molecule has 8 heteroatoms. The van der Waals surface area contributed by atoms with Crippen molar-refractivity contribution < 1.29 is 9.53 Å². The third kappa shape index (κ3) is 3.73. The van der Waals surface area contributed by atoms with Gasteiger partial charge in [-0.3, -0.25) is 9.20 Å². The Hall–Kier alpha value is -2.48. The molecule has 3 aromatic heterocycles. The second kappa shape index (κ2) is 7.87. The number of esters is 1. The van der Waals surface area contributed by atoms with Gasteiger partial charge >= 0.3 is 5.97 Å². The van der Waals surface area contributed by atoms with Crippen molar-refractivity contribution in [3.8, 4) is 11.4 Å². The van der Waals surface area contributed by atoms with E-state index in [2.05, 4.69) is 31.2 Å². The van der Waals surface area contributed by atoms with Gasteiger partial charge in [-0.25, -0.2) is 15.0 Å². The normalized spacial score (nSPS) is 19.5. The van der Waals surface area contributed by atoms with Crippen LogP contribution in [0, 0.1) is 12.8 Å². The molecule has 1 aliphatic rings. The highest BCUT2D eigenvalue weighted by Crippen LogP contribution is 2.28. The van der Waals surface area contributed by atoms with E-state index in [9.17, 15) is 4.79 Å². The summed E-state index contributed by atoms with van der Waals surface area (Å²) in [6, 6.07) is 4.19. The van der Waals surface area contributed by atoms with Gasteiger partial charge < -0.3 is 10.1 Å². The number of anilines is 1. The molecule has 3 aromatic rings. The zero-order chi connectivity index (χ0) is 19.7. The number of nitrogens with one attached hydrogen (secondary N) is 1. The van der Waals surface area contributed by atoms with Crippen LogP contribution in [0.3, 0.4) is 0 Å². The van der Waals surface area contributed by atoms with Crippen molar-refractivity contribution in [3.05, 3.63) is 40.8 Å². The van der Waals surface area contributed by atoms with Crippen LogP contribution in [-0.2, 0) is 9.53 Å². The fourth-order valence-corrected chi connectivity index (χ4v) is 4.06. The monoisotopic (exact) mass is 443 g/mol. The second-order valence-corrected chi connectivity index (χ2v) is 8.08. The predicted octanol–water partition coefficient (Wildman–Crippen LogP) is 4.01. The van der Waals surface area contributed by atoms with Crippen LogP contribution in [0.4, 0.5) is 5.95 Å². The van der Waals surface area contributed by atoms with Crippen molar-refractivity contribution in [3.63, 3.8) is 0 Å². The van der Waals surface area contributed by atoms with E-state index in [0.29, 0.717) is 5.95 Å². The fourth-order valence-electron chi connectivity index (χ4n) is 3.72. The molecule has 0 bridgehead atoms. The van der Waals surface area contributed by atoms with E-state index in [1.807, 2.05) is 42.0 Å². The number of ether oxygens (including phenoxy) is 1. The van der Waals surface area contributed by atoms with Crippen LogP contribution in [0.25, 0.3) is 17.0 Å². The number of aryl methyl sites for hydroxylation is 1. The molecule has 3 heterocycles. The quantitative estimate of drug-likeness (QED) is 0.613. The highest BCUT2D eigenvalue weighted by molar-refractivity contribution is 9.10. The minimum absolute atomic E-state index is 0.00847. The van der Waals surface area contributed by atoms with Crippen LogP contribution in [0.2, 0.25) is 0 Å². The maximum atomic E-state index is 11.7. The van der Waals surface area contributed by atoms with E-state index in [4.69, 9.17) is 9.72 Å². The number of hydrogen-bond donors (Lipinski definition) is 1. The molecule has 0 aromatic carbocycles. The van der Waals surface area contributed by atoms with Crippen LogP contribution in [0.1, 0.15) is 31.2 Å². The average Bonchev–Trinajstić information content (AvgIpc) is 3.12. The number of methoxy groups -OCH3 is 1. The lowest BCUT2D eigenvalue weighted by atomic mass is 9.86. The standard InChI is InChI=1S/C20H22BrN5O2/c1-12-9-23-20(24-15-6-3-13(4-7-15)19(27)28-2)25-18(12)16-10-22-17-8-5-14(21)11-26(16)17/h5,8-11,13,15H,3-4,6-7H2,1-2H3,(H,23,24,25). The highest BCUT2D eigenvalue weighted by atomic mass is 79.9. The van der Waals surface area contributed by atoms with Gasteiger partial charge in [0, 0.05) is 22.9 Å². The predicted molar refractivity (Wildman–Crippen MR) is 110 cm³/mol. The largest absolute Gasteiger partial charge is 0.469 e. The summed E-state index contributed by atoms with van der Waals surface area (Å²) in [4.78, 5) is 25.4. The molecular formula is C20H22BrN5O2. The number of carbonyl (C=O) groups is 1. The smallest absolute Gasteiger partial charge is 0.308 e. The molecule has 1 aliphatic carbocycles. The van der Waals surface area contributed by atoms with Crippen LogP contribution in [-0.4, -0.2) is 38.5 Å². The summed E-state index contributed by atoms with van der Waals surface area (Å²) in [7, 11) is 1.45. The molecule has 0 amide bonds. The molecule has 0 unspecified atom stereocenters. The topological polar surface area (TPSA) is 81.4 Å². The summed E-state index contributed by atoms with van der Waals surface area (Å²) >= 11 is 3.52. The van der Waals surface area contributed by atoms with E-state index >= 15 is 0 Å². The number of nitrogens with zero attached hydrogens (tertiary/aromatic N) is 4. The Kier molecular flexibility index (Phi) is 5.30. The van der Waals surface area contributed by atoms with Crippen molar-refractivity contribution in [1.82, 2.24) is 19.4 Å². The van der Waals surface area contributed by atoms with E-state index in [1.165, 1.54) is 7.11 Å². The molecule has 1 saturated carbocycles. The molecule has 0 atom stereocenters. The summed E-state index contributed by atoms with van der Waals surface area (Å²) in [5, 5.41) is 3.43. The Morgan fingerprint density at radius 3 is 2.75 bits per heavy atom. The summed E-state index contributed by atoms with van der Waals surface area (Å²) in [6.45, 7) is 2.00. The molecule has 146 valence electrons. The van der Waals surface area contributed by atoms with E-state index < -0.39 is 0 Å². The zero-order valence-electron chi connectivity index (χ0n) is 15.9. The van der Waals surface area contributed by atoms with Gasteiger partial charge in [0.25, 0.3) is 0 Å². The SMILES string of the molecule is COC(=O)C1CCC(Nc2ncc(C)c(-c3cnc4ccc(Br)cn34)n2)CC1. The first-order valence-electron chi connectivity index (χ1n) is 9.36. The van der Waals surface area contributed by atoms with Crippen molar-refractivity contribution in [1.29, 1.82) is 0 Å². The lowest BCUT2D eigenvalue weighted by molar-refractivity contribution is -0.146. The Morgan fingerprint density at radius 2 is 2.00 bits per heavy atom. The van der Waals surface area contributed by atoms with Crippen molar-refractivity contribution >= 4 is 33.5 Å². The first-order chi connectivity index (χ1) is 13.5. The minimum Gasteiger partial charge on any atom is -0.469 e. The second-order valence-electron chi connectivity index (χ2n) is 7.16. The van der Waals surface area contributed by atoms with Crippen molar-refractivity contribution in [2.75, 3.05) is 12.4 Å². The lowest BCUT2D eigenvalue weighted by Crippen LogP contribution is -2.30. The number of halogens is 1. The van der Waals surface area contributed by atoms with Crippen LogP contribution < -0.4 is 5.32 Å². The summed E-state index contributed by atoms with van der Waals surface area (Å²) in [6.07, 6.45) is 9.10. The first-order valence-corrected chi connectivity index (χ1v) is 10.2. The first kappa shape index (κ1) is 18.9. The zero-order valence-corrected chi connectivity index (χ0v) is 17.4. The van der Waals surface area contributed by atoms with Gasteiger partial charge in [-0.15, -0.1) is 0 Å². The van der Waals surface area contributed by atoms with Crippen molar-refractivity contribution in [2.45, 2.75) is 38.6 Å². The average molecular weight is 444 g/mol. The molecule has 1 N–H and O–H groups in total. The Morgan fingerprint density at radius 1 is 1.21 bits per heavy atom. The highest BCUT2D eigenvalue weighted by Gasteiger charge is 2.27. The van der Waals surface area contributed by atoms with Gasteiger partial charge in [0.05, 0.1) is 30.6 Å². The third-order valence-corrected chi connectivity index (χ3v) is 5.75. The summed E-state index contributed by atoms with van der Waals surface area (Å²) in [5.41, 5.74) is 3.63. The molecule has 0 radical (unpaired) electrons. The third-order valence-electron chi connectivity index (χ3n) is 5.28.